The average molecular weight is 282 g/mol. The number of anilines is 2. The van der Waals surface area contributed by atoms with Gasteiger partial charge in [-0.3, -0.25) is 28.7 Å². The molecule has 0 saturated carbocycles. The van der Waals surface area contributed by atoms with Gasteiger partial charge in [-0.15, -0.1) is 0 Å². The first-order chi connectivity index (χ1) is 9.22. The monoisotopic (exact) mass is 282 g/mol. The van der Waals surface area contributed by atoms with E-state index in [4.69, 9.17) is 11.5 Å². The molecule has 0 saturated heterocycles. The summed E-state index contributed by atoms with van der Waals surface area (Å²) in [5.74, 6) is 0.322. The summed E-state index contributed by atoms with van der Waals surface area (Å²) in [6.07, 6.45) is 0. The standard InChI is InChI=1S/2C5H7N3O2/c2*1-8-3(6)2-4(9)7-5(8)10/h2*2H,6H2,1H3,(H,7,9,10). The Bertz CT molecular complexity index is 769. The molecule has 0 aliphatic carbocycles. The van der Waals surface area contributed by atoms with Crippen molar-refractivity contribution < 1.29 is 0 Å². The number of rotatable bonds is 0. The Kier molecular flexibility index (Phi) is 4.31. The van der Waals surface area contributed by atoms with E-state index >= 15 is 0 Å². The van der Waals surface area contributed by atoms with Crippen LogP contribution in [-0.2, 0) is 14.1 Å². The molecule has 108 valence electrons. The molecule has 0 aromatic carbocycles. The smallest absolute Gasteiger partial charge is 0.329 e. The molecular weight excluding hydrogens is 268 g/mol. The van der Waals surface area contributed by atoms with Crippen LogP contribution in [0.5, 0.6) is 0 Å². The van der Waals surface area contributed by atoms with Gasteiger partial charge in [0.1, 0.15) is 11.6 Å². The van der Waals surface area contributed by atoms with Gasteiger partial charge in [0.25, 0.3) is 11.1 Å². The first-order valence-corrected chi connectivity index (χ1v) is 5.34. The third kappa shape index (κ3) is 3.48. The zero-order valence-electron chi connectivity index (χ0n) is 10.8. The van der Waals surface area contributed by atoms with E-state index in [1.807, 2.05) is 0 Å². The molecule has 2 aromatic heterocycles. The van der Waals surface area contributed by atoms with Gasteiger partial charge in [-0.1, -0.05) is 0 Å². The molecule has 0 unspecified atom stereocenters. The van der Waals surface area contributed by atoms with E-state index < -0.39 is 22.5 Å². The number of aromatic amines is 2. The van der Waals surface area contributed by atoms with Crippen LogP contribution in [0.1, 0.15) is 0 Å². The van der Waals surface area contributed by atoms with Crippen molar-refractivity contribution in [2.45, 2.75) is 0 Å². The molecule has 2 heterocycles. The maximum absolute atomic E-state index is 10.7. The molecule has 0 radical (unpaired) electrons. The fourth-order valence-electron chi connectivity index (χ4n) is 1.15. The summed E-state index contributed by atoms with van der Waals surface area (Å²) in [7, 11) is 2.96. The molecule has 0 bridgehead atoms. The van der Waals surface area contributed by atoms with Crippen LogP contribution in [0.15, 0.2) is 31.3 Å². The third-order valence-electron chi connectivity index (χ3n) is 2.40. The van der Waals surface area contributed by atoms with Crippen LogP contribution in [0.2, 0.25) is 0 Å². The lowest BCUT2D eigenvalue weighted by molar-refractivity contribution is 0.813. The van der Waals surface area contributed by atoms with Gasteiger partial charge < -0.3 is 11.5 Å². The number of nitrogen functional groups attached to an aromatic ring is 2. The summed E-state index contributed by atoms with van der Waals surface area (Å²) in [4.78, 5) is 46.5. The van der Waals surface area contributed by atoms with Crippen LogP contribution in [-0.4, -0.2) is 19.1 Å². The molecule has 2 rings (SSSR count). The molecule has 20 heavy (non-hydrogen) atoms. The second-order valence-electron chi connectivity index (χ2n) is 3.85. The Hall–Kier alpha value is -3.04. The van der Waals surface area contributed by atoms with E-state index in [1.165, 1.54) is 14.1 Å². The molecule has 10 nitrogen and oxygen atoms in total. The van der Waals surface area contributed by atoms with E-state index in [9.17, 15) is 19.2 Å². The summed E-state index contributed by atoms with van der Waals surface area (Å²) >= 11 is 0. The topological polar surface area (TPSA) is 162 Å². The number of H-pyrrole nitrogens is 2. The van der Waals surface area contributed by atoms with Crippen molar-refractivity contribution >= 4 is 11.6 Å². The normalized spacial score (nSPS) is 9.70. The van der Waals surface area contributed by atoms with Gasteiger partial charge in [-0.05, 0) is 0 Å². The summed E-state index contributed by atoms with van der Waals surface area (Å²) in [5, 5.41) is 0. The molecule has 0 aliphatic rings. The molecule has 0 amide bonds. The van der Waals surface area contributed by atoms with E-state index in [1.54, 1.807) is 0 Å². The van der Waals surface area contributed by atoms with Gasteiger partial charge in [0.15, 0.2) is 0 Å². The number of nitrogens with two attached hydrogens (primary N) is 2. The minimum absolute atomic E-state index is 0.161. The SMILES string of the molecule is Cn1c(N)cc(=O)[nH]c1=O.Cn1c(N)cc(=O)[nH]c1=O. The lowest BCUT2D eigenvalue weighted by atomic mass is 10.6. The van der Waals surface area contributed by atoms with Crippen molar-refractivity contribution in [1.82, 2.24) is 19.1 Å². The Morgan fingerprint density at radius 1 is 0.800 bits per heavy atom. The molecule has 0 atom stereocenters. The van der Waals surface area contributed by atoms with Gasteiger partial charge in [0.2, 0.25) is 0 Å². The van der Waals surface area contributed by atoms with E-state index in [-0.39, 0.29) is 11.6 Å². The number of hydrogen-bond acceptors (Lipinski definition) is 6. The van der Waals surface area contributed by atoms with Crippen LogP contribution in [0, 0.1) is 0 Å². The third-order valence-corrected chi connectivity index (χ3v) is 2.40. The van der Waals surface area contributed by atoms with Gasteiger partial charge >= 0.3 is 11.4 Å². The molecular formula is C10H14N6O4. The van der Waals surface area contributed by atoms with Crippen LogP contribution >= 0.6 is 0 Å². The number of nitrogens with zero attached hydrogens (tertiary/aromatic N) is 2. The number of aromatic nitrogens is 4. The van der Waals surface area contributed by atoms with E-state index in [0.717, 1.165) is 21.3 Å². The average Bonchev–Trinajstić information content (AvgIpc) is 2.33. The minimum Gasteiger partial charge on any atom is -0.385 e. The molecule has 10 heteroatoms. The Morgan fingerprint density at radius 2 is 1.10 bits per heavy atom. The highest BCUT2D eigenvalue weighted by atomic mass is 16.2. The molecule has 0 spiro atoms. The van der Waals surface area contributed by atoms with Crippen LogP contribution in [0.25, 0.3) is 0 Å². The lowest BCUT2D eigenvalue weighted by Crippen LogP contribution is -2.29. The molecule has 2 aromatic rings. The zero-order chi connectivity index (χ0) is 15.4. The molecule has 0 fully saturated rings. The van der Waals surface area contributed by atoms with Gasteiger partial charge in [-0.2, -0.15) is 0 Å². The first kappa shape index (κ1) is 15.0. The highest BCUT2D eigenvalue weighted by molar-refractivity contribution is 5.25. The van der Waals surface area contributed by atoms with Crippen molar-refractivity contribution in [3.8, 4) is 0 Å². The Balaban J connectivity index is 0.000000200. The fraction of sp³-hybridized carbons (Fsp3) is 0.200. The summed E-state index contributed by atoms with van der Waals surface area (Å²) < 4.78 is 2.31. The largest absolute Gasteiger partial charge is 0.385 e. The van der Waals surface area contributed by atoms with Crippen molar-refractivity contribution in [3.63, 3.8) is 0 Å². The highest BCUT2D eigenvalue weighted by Gasteiger charge is 1.95. The minimum atomic E-state index is -0.495. The fourth-order valence-corrected chi connectivity index (χ4v) is 1.15. The van der Waals surface area contributed by atoms with Gasteiger partial charge in [0.05, 0.1) is 0 Å². The first-order valence-electron chi connectivity index (χ1n) is 5.34. The maximum atomic E-state index is 10.7. The molecule has 6 N–H and O–H groups in total. The van der Waals surface area contributed by atoms with Crippen LogP contribution < -0.4 is 34.0 Å². The number of hydrogen-bond donors (Lipinski definition) is 4. The van der Waals surface area contributed by atoms with Crippen molar-refractivity contribution in [1.29, 1.82) is 0 Å². The molecule has 0 aliphatic heterocycles. The predicted octanol–water partition coefficient (Wildman–Crippen LogP) is -2.69. The lowest BCUT2D eigenvalue weighted by Gasteiger charge is -1.97. The summed E-state index contributed by atoms with van der Waals surface area (Å²) in [6, 6.07) is 2.31. The maximum Gasteiger partial charge on any atom is 0.329 e. The Morgan fingerprint density at radius 3 is 1.35 bits per heavy atom. The van der Waals surface area contributed by atoms with Crippen molar-refractivity contribution in [2.24, 2.45) is 14.1 Å². The second-order valence-corrected chi connectivity index (χ2v) is 3.85. The second kappa shape index (κ2) is 5.73. The van der Waals surface area contributed by atoms with Crippen molar-refractivity contribution in [2.75, 3.05) is 11.5 Å². The summed E-state index contributed by atoms with van der Waals surface area (Å²) in [6.45, 7) is 0. The van der Waals surface area contributed by atoms with Crippen molar-refractivity contribution in [3.05, 3.63) is 53.8 Å². The quantitative estimate of drug-likeness (QED) is 0.411. The zero-order valence-corrected chi connectivity index (χ0v) is 10.8. The Labute approximate surface area is 111 Å². The summed E-state index contributed by atoms with van der Waals surface area (Å²) in [5.41, 5.74) is 8.59. The predicted molar refractivity (Wildman–Crippen MR) is 73.4 cm³/mol. The highest BCUT2D eigenvalue weighted by Crippen LogP contribution is 1.85. The van der Waals surface area contributed by atoms with Gasteiger partial charge in [0, 0.05) is 26.2 Å². The van der Waals surface area contributed by atoms with E-state index in [2.05, 4.69) is 9.97 Å². The van der Waals surface area contributed by atoms with Crippen LogP contribution in [0.3, 0.4) is 0 Å². The van der Waals surface area contributed by atoms with Crippen LogP contribution in [0.4, 0.5) is 11.6 Å². The van der Waals surface area contributed by atoms with Gasteiger partial charge in [-0.25, -0.2) is 9.59 Å². The number of nitrogens with one attached hydrogen (secondary N) is 2. The van der Waals surface area contributed by atoms with E-state index in [0.29, 0.717) is 0 Å².